The zero-order valence-electron chi connectivity index (χ0n) is 16.1. The normalized spacial score (nSPS) is 14.0. The summed E-state index contributed by atoms with van der Waals surface area (Å²) >= 11 is 0. The van der Waals surface area contributed by atoms with E-state index >= 15 is 0 Å². The molecule has 4 rings (SSSR count). The number of H-pyrrole nitrogens is 1. The molecule has 0 unspecified atom stereocenters. The zero-order valence-corrected chi connectivity index (χ0v) is 16.1. The number of benzene rings is 2. The summed E-state index contributed by atoms with van der Waals surface area (Å²) in [5, 5.41) is 8.33. The number of fused-ring (bicyclic) bond motifs is 1. The number of rotatable bonds is 5. The molecule has 1 aromatic heterocycles. The SMILES string of the molecule is C=CCCN(C(=O)N1CC=C(c2ccc(F)cc2)CC1)c1n[nH]c2ccccc12. The lowest BCUT2D eigenvalue weighted by atomic mass is 9.99. The van der Waals surface area contributed by atoms with Gasteiger partial charge in [0.15, 0.2) is 5.82 Å². The Balaban J connectivity index is 1.55. The Bertz CT molecular complexity index is 1050. The molecule has 0 fully saturated rings. The summed E-state index contributed by atoms with van der Waals surface area (Å²) in [5.74, 6) is 0.395. The summed E-state index contributed by atoms with van der Waals surface area (Å²) in [6.07, 6.45) is 5.26. The van der Waals surface area contributed by atoms with Crippen molar-refractivity contribution in [2.75, 3.05) is 24.5 Å². The van der Waals surface area contributed by atoms with Gasteiger partial charge in [0.1, 0.15) is 5.82 Å². The van der Waals surface area contributed by atoms with Gasteiger partial charge in [0, 0.05) is 25.0 Å². The number of aromatic nitrogens is 2. The Hall–Kier alpha value is -3.41. The van der Waals surface area contributed by atoms with Crippen LogP contribution < -0.4 is 4.90 Å². The molecule has 3 aromatic rings. The number of carbonyl (C=O) groups is 1. The first kappa shape index (κ1) is 18.9. The van der Waals surface area contributed by atoms with E-state index in [4.69, 9.17) is 0 Å². The van der Waals surface area contributed by atoms with Crippen LogP contribution in [-0.2, 0) is 0 Å². The number of hydrogen-bond donors (Lipinski definition) is 1. The van der Waals surface area contributed by atoms with Gasteiger partial charge < -0.3 is 4.90 Å². The Morgan fingerprint density at radius 1 is 1.24 bits per heavy atom. The first-order valence-electron chi connectivity index (χ1n) is 9.73. The average molecular weight is 390 g/mol. The quantitative estimate of drug-likeness (QED) is 0.624. The van der Waals surface area contributed by atoms with Gasteiger partial charge in [-0.15, -0.1) is 6.58 Å². The van der Waals surface area contributed by atoms with Crippen LogP contribution in [0.3, 0.4) is 0 Å². The first-order valence-corrected chi connectivity index (χ1v) is 9.73. The van der Waals surface area contributed by atoms with Crippen molar-refractivity contribution in [1.82, 2.24) is 15.1 Å². The second-order valence-electron chi connectivity index (χ2n) is 7.04. The number of carbonyl (C=O) groups excluding carboxylic acids is 1. The van der Waals surface area contributed by atoms with Crippen LogP contribution in [0.1, 0.15) is 18.4 Å². The largest absolute Gasteiger partial charge is 0.326 e. The van der Waals surface area contributed by atoms with Crippen LogP contribution >= 0.6 is 0 Å². The predicted molar refractivity (Wildman–Crippen MR) is 114 cm³/mol. The molecule has 2 aromatic carbocycles. The molecule has 0 radical (unpaired) electrons. The van der Waals surface area contributed by atoms with Gasteiger partial charge in [0.05, 0.1) is 5.52 Å². The Morgan fingerprint density at radius 3 is 2.76 bits per heavy atom. The Morgan fingerprint density at radius 2 is 2.03 bits per heavy atom. The summed E-state index contributed by atoms with van der Waals surface area (Å²) in [4.78, 5) is 16.9. The van der Waals surface area contributed by atoms with Gasteiger partial charge in [-0.25, -0.2) is 9.18 Å². The van der Waals surface area contributed by atoms with Crippen molar-refractivity contribution < 1.29 is 9.18 Å². The van der Waals surface area contributed by atoms with Crippen LogP contribution in [0.15, 0.2) is 67.3 Å². The molecule has 5 nitrogen and oxygen atoms in total. The van der Waals surface area contributed by atoms with Crippen LogP contribution in [-0.4, -0.2) is 40.8 Å². The van der Waals surface area contributed by atoms with Crippen LogP contribution in [0, 0.1) is 5.82 Å². The molecule has 0 spiro atoms. The maximum absolute atomic E-state index is 13.3. The van der Waals surface area contributed by atoms with Crippen molar-refractivity contribution in [1.29, 1.82) is 0 Å². The molecule has 0 bridgehead atoms. The average Bonchev–Trinajstić information content (AvgIpc) is 3.19. The van der Waals surface area contributed by atoms with E-state index in [0.29, 0.717) is 31.9 Å². The van der Waals surface area contributed by atoms with Gasteiger partial charge in [-0.05, 0) is 48.2 Å². The highest BCUT2D eigenvalue weighted by atomic mass is 19.1. The summed E-state index contributed by atoms with van der Waals surface area (Å²) in [7, 11) is 0. The van der Waals surface area contributed by atoms with Gasteiger partial charge >= 0.3 is 6.03 Å². The molecule has 1 aliphatic heterocycles. The number of aromatic amines is 1. The van der Waals surface area contributed by atoms with Crippen molar-refractivity contribution >= 4 is 28.3 Å². The minimum absolute atomic E-state index is 0.0708. The lowest BCUT2D eigenvalue weighted by molar-refractivity contribution is 0.209. The van der Waals surface area contributed by atoms with Gasteiger partial charge in [-0.3, -0.25) is 10.00 Å². The maximum atomic E-state index is 13.3. The number of nitrogens with one attached hydrogen (secondary N) is 1. The summed E-state index contributed by atoms with van der Waals surface area (Å²) in [6.45, 7) is 5.42. The van der Waals surface area contributed by atoms with Crippen molar-refractivity contribution in [3.05, 3.63) is 78.6 Å². The molecular formula is C23H23FN4O. The number of hydrogen-bond acceptors (Lipinski definition) is 2. The second-order valence-corrected chi connectivity index (χ2v) is 7.04. The fourth-order valence-electron chi connectivity index (χ4n) is 3.61. The smallest absolute Gasteiger partial charge is 0.320 e. The van der Waals surface area contributed by atoms with Crippen LogP contribution in [0.4, 0.5) is 15.0 Å². The third-order valence-corrected chi connectivity index (χ3v) is 5.19. The Kier molecular flexibility index (Phi) is 5.42. The third-order valence-electron chi connectivity index (χ3n) is 5.19. The van der Waals surface area contributed by atoms with Gasteiger partial charge in [-0.1, -0.05) is 36.4 Å². The molecule has 0 saturated heterocycles. The van der Waals surface area contributed by atoms with E-state index in [0.717, 1.165) is 28.5 Å². The molecule has 0 atom stereocenters. The highest BCUT2D eigenvalue weighted by molar-refractivity contribution is 6.00. The number of halogens is 1. The standard InChI is InChI=1S/C23H23FN4O/c1-2-3-14-28(22-20-6-4-5-7-21(20)25-26-22)23(29)27-15-12-18(13-16-27)17-8-10-19(24)11-9-17/h2,4-12H,1,3,13-16H2,(H,25,26). The second kappa shape index (κ2) is 8.31. The number of para-hydroxylation sites is 1. The van der Waals surface area contributed by atoms with E-state index in [1.807, 2.05) is 35.2 Å². The molecule has 2 heterocycles. The lowest BCUT2D eigenvalue weighted by Crippen LogP contribution is -2.45. The molecule has 29 heavy (non-hydrogen) atoms. The van der Waals surface area contributed by atoms with Gasteiger partial charge in [-0.2, -0.15) is 5.10 Å². The van der Waals surface area contributed by atoms with E-state index in [9.17, 15) is 9.18 Å². The van der Waals surface area contributed by atoms with Gasteiger partial charge in [0.2, 0.25) is 0 Å². The molecule has 148 valence electrons. The third kappa shape index (κ3) is 3.92. The summed E-state index contributed by atoms with van der Waals surface area (Å²) < 4.78 is 13.2. The Labute approximate surface area is 169 Å². The highest BCUT2D eigenvalue weighted by Crippen LogP contribution is 2.27. The molecule has 1 aliphatic rings. The highest BCUT2D eigenvalue weighted by Gasteiger charge is 2.26. The minimum Gasteiger partial charge on any atom is -0.320 e. The van der Waals surface area contributed by atoms with E-state index in [1.165, 1.54) is 12.1 Å². The predicted octanol–water partition coefficient (Wildman–Crippen LogP) is 4.99. The number of urea groups is 1. The number of nitrogens with zero attached hydrogens (tertiary/aromatic N) is 3. The zero-order chi connectivity index (χ0) is 20.2. The molecule has 0 saturated carbocycles. The van der Waals surface area contributed by atoms with Gasteiger partial charge in [0.25, 0.3) is 0 Å². The van der Waals surface area contributed by atoms with E-state index in [-0.39, 0.29) is 11.8 Å². The fraction of sp³-hybridized carbons (Fsp3) is 0.217. The van der Waals surface area contributed by atoms with Crippen molar-refractivity contribution in [3.63, 3.8) is 0 Å². The molecule has 1 N–H and O–H groups in total. The maximum Gasteiger partial charge on any atom is 0.326 e. The van der Waals surface area contributed by atoms with E-state index < -0.39 is 0 Å². The van der Waals surface area contributed by atoms with Crippen molar-refractivity contribution in [2.24, 2.45) is 0 Å². The monoisotopic (exact) mass is 390 g/mol. The first-order chi connectivity index (χ1) is 14.2. The molecule has 0 aliphatic carbocycles. The number of amides is 2. The molecule has 6 heteroatoms. The van der Waals surface area contributed by atoms with E-state index in [1.54, 1.807) is 23.1 Å². The van der Waals surface area contributed by atoms with Crippen LogP contribution in [0.5, 0.6) is 0 Å². The minimum atomic E-state index is -0.244. The summed E-state index contributed by atoms with van der Waals surface area (Å²) in [6, 6.07) is 14.2. The fourth-order valence-corrected chi connectivity index (χ4v) is 3.61. The molecular weight excluding hydrogens is 367 g/mol. The number of anilines is 1. The van der Waals surface area contributed by atoms with E-state index in [2.05, 4.69) is 16.8 Å². The van der Waals surface area contributed by atoms with Crippen molar-refractivity contribution in [2.45, 2.75) is 12.8 Å². The van der Waals surface area contributed by atoms with Crippen molar-refractivity contribution in [3.8, 4) is 0 Å². The van der Waals surface area contributed by atoms with Crippen LogP contribution in [0.25, 0.3) is 16.5 Å². The summed E-state index contributed by atoms with van der Waals surface area (Å²) in [5.41, 5.74) is 3.04. The lowest BCUT2D eigenvalue weighted by Gasteiger charge is -2.31. The molecule has 2 amide bonds. The topological polar surface area (TPSA) is 52.2 Å². The van der Waals surface area contributed by atoms with Crippen LogP contribution in [0.2, 0.25) is 0 Å².